The molecule has 2 rings (SSSR count). The number of carbonyl (C=O) groups is 1. The van der Waals surface area contributed by atoms with Crippen molar-refractivity contribution in [2.24, 2.45) is 4.99 Å². The zero-order valence-corrected chi connectivity index (χ0v) is 16.0. The normalized spacial score (nSPS) is 15.9. The van der Waals surface area contributed by atoms with Gasteiger partial charge in [0, 0.05) is 70.4 Å². The summed E-state index contributed by atoms with van der Waals surface area (Å²) >= 11 is 1.84. The van der Waals surface area contributed by atoms with E-state index < -0.39 is 0 Å². The molecule has 1 fully saturated rings. The molecule has 6 nitrogen and oxygen atoms in total. The van der Waals surface area contributed by atoms with Gasteiger partial charge in [0.05, 0.1) is 0 Å². The van der Waals surface area contributed by atoms with Crippen LogP contribution in [-0.2, 0) is 4.79 Å². The molecular formula is C18H29N5OS. The van der Waals surface area contributed by atoms with Crippen LogP contribution in [0.2, 0.25) is 0 Å². The van der Waals surface area contributed by atoms with Gasteiger partial charge in [-0.1, -0.05) is 18.2 Å². The third kappa shape index (κ3) is 7.36. The molecule has 138 valence electrons. The molecule has 1 aliphatic rings. The van der Waals surface area contributed by atoms with Crippen LogP contribution >= 0.6 is 11.8 Å². The molecule has 0 atom stereocenters. The van der Waals surface area contributed by atoms with Crippen molar-refractivity contribution in [2.45, 2.75) is 11.8 Å². The van der Waals surface area contributed by atoms with E-state index in [2.05, 4.69) is 44.8 Å². The van der Waals surface area contributed by atoms with Crippen LogP contribution in [0, 0.1) is 0 Å². The largest absolute Gasteiger partial charge is 0.356 e. The Hall–Kier alpha value is -1.73. The Balaban J connectivity index is 1.55. The van der Waals surface area contributed by atoms with Gasteiger partial charge in [-0.05, 0) is 12.1 Å². The molecule has 0 saturated carbocycles. The Morgan fingerprint density at radius 1 is 1.12 bits per heavy atom. The van der Waals surface area contributed by atoms with E-state index in [-0.39, 0.29) is 5.91 Å². The summed E-state index contributed by atoms with van der Waals surface area (Å²) in [5, 5.41) is 6.70. The maximum absolute atomic E-state index is 11.3. The van der Waals surface area contributed by atoms with Gasteiger partial charge in [-0.2, -0.15) is 0 Å². The Morgan fingerprint density at radius 3 is 2.44 bits per heavy atom. The first-order chi connectivity index (χ1) is 12.2. The quantitative estimate of drug-likeness (QED) is 0.329. The fourth-order valence-electron chi connectivity index (χ4n) is 2.69. The first-order valence-corrected chi connectivity index (χ1v) is 9.78. The van der Waals surface area contributed by atoms with Crippen molar-refractivity contribution in [3.05, 3.63) is 30.3 Å². The minimum Gasteiger partial charge on any atom is -0.356 e. The molecule has 7 heteroatoms. The number of hydrogen-bond acceptors (Lipinski definition) is 4. The van der Waals surface area contributed by atoms with Gasteiger partial charge in [0.25, 0.3) is 0 Å². The maximum Gasteiger partial charge on any atom is 0.219 e. The fraction of sp³-hybridized carbons (Fsp3) is 0.556. The van der Waals surface area contributed by atoms with Crippen molar-refractivity contribution in [1.82, 2.24) is 20.4 Å². The van der Waals surface area contributed by atoms with Crippen LogP contribution in [-0.4, -0.2) is 80.3 Å². The van der Waals surface area contributed by atoms with Crippen molar-refractivity contribution >= 4 is 23.6 Å². The van der Waals surface area contributed by atoms with Gasteiger partial charge < -0.3 is 15.5 Å². The van der Waals surface area contributed by atoms with E-state index in [1.54, 1.807) is 14.0 Å². The van der Waals surface area contributed by atoms with Crippen LogP contribution in [0.3, 0.4) is 0 Å². The van der Waals surface area contributed by atoms with Gasteiger partial charge in [0.1, 0.15) is 0 Å². The van der Waals surface area contributed by atoms with Crippen molar-refractivity contribution in [1.29, 1.82) is 0 Å². The molecule has 2 N–H and O–H groups in total. The second-order valence-electron chi connectivity index (χ2n) is 5.93. The topological polar surface area (TPSA) is 60.0 Å². The lowest BCUT2D eigenvalue weighted by molar-refractivity contribution is -0.130. The highest BCUT2D eigenvalue weighted by atomic mass is 32.2. The molecule has 1 heterocycles. The number of hydrogen-bond donors (Lipinski definition) is 2. The highest BCUT2D eigenvalue weighted by Gasteiger charge is 2.17. The summed E-state index contributed by atoms with van der Waals surface area (Å²) in [6, 6.07) is 10.4. The van der Waals surface area contributed by atoms with Crippen LogP contribution in [0.5, 0.6) is 0 Å². The van der Waals surface area contributed by atoms with E-state index >= 15 is 0 Å². The lowest BCUT2D eigenvalue weighted by Gasteiger charge is -2.34. The number of piperazine rings is 1. The zero-order chi connectivity index (χ0) is 17.9. The predicted octanol–water partition coefficient (Wildman–Crippen LogP) is 1.11. The van der Waals surface area contributed by atoms with Gasteiger partial charge in [-0.3, -0.25) is 14.7 Å². The number of nitrogens with zero attached hydrogens (tertiary/aromatic N) is 3. The standard InChI is InChI=1S/C18H29N5OS/c1-16(24)23-13-11-22(12-14-23)10-8-20-18(19-2)21-9-15-25-17-6-4-3-5-7-17/h3-7H,8-15H2,1-2H3,(H2,19,20,21). The minimum absolute atomic E-state index is 0.177. The fourth-order valence-corrected chi connectivity index (χ4v) is 3.48. The van der Waals surface area contributed by atoms with Crippen molar-refractivity contribution in [3.63, 3.8) is 0 Å². The number of nitrogens with one attached hydrogen (secondary N) is 2. The summed E-state index contributed by atoms with van der Waals surface area (Å²) < 4.78 is 0. The van der Waals surface area contributed by atoms with Gasteiger partial charge in [0.2, 0.25) is 5.91 Å². The van der Waals surface area contributed by atoms with Crippen LogP contribution < -0.4 is 10.6 Å². The molecule has 0 radical (unpaired) electrons. The minimum atomic E-state index is 0.177. The number of aliphatic imine (C=N–C) groups is 1. The monoisotopic (exact) mass is 363 g/mol. The van der Waals surface area contributed by atoms with Crippen LogP contribution in [0.15, 0.2) is 40.2 Å². The second kappa shape index (κ2) is 11.0. The summed E-state index contributed by atoms with van der Waals surface area (Å²) in [6.45, 7) is 7.89. The average molecular weight is 364 g/mol. The third-order valence-electron chi connectivity index (χ3n) is 4.17. The van der Waals surface area contributed by atoms with Crippen molar-refractivity contribution < 1.29 is 4.79 Å². The van der Waals surface area contributed by atoms with Crippen molar-refractivity contribution in [2.75, 3.05) is 58.6 Å². The van der Waals surface area contributed by atoms with E-state index in [1.165, 1.54) is 4.90 Å². The van der Waals surface area contributed by atoms with Gasteiger partial charge in [0.15, 0.2) is 5.96 Å². The number of amides is 1. The summed E-state index contributed by atoms with van der Waals surface area (Å²) in [5.74, 6) is 2.02. The van der Waals surface area contributed by atoms with Gasteiger partial charge in [-0.15, -0.1) is 11.8 Å². The molecule has 1 aromatic carbocycles. The molecule has 0 spiro atoms. The Labute approximate surface area is 155 Å². The lowest BCUT2D eigenvalue weighted by Crippen LogP contribution is -2.50. The number of carbonyl (C=O) groups excluding carboxylic acids is 1. The van der Waals surface area contributed by atoms with E-state index in [9.17, 15) is 4.79 Å². The Bertz CT molecular complexity index is 544. The molecular weight excluding hydrogens is 334 g/mol. The molecule has 25 heavy (non-hydrogen) atoms. The molecule has 1 saturated heterocycles. The van der Waals surface area contributed by atoms with Crippen LogP contribution in [0.25, 0.3) is 0 Å². The van der Waals surface area contributed by atoms with Crippen LogP contribution in [0.4, 0.5) is 0 Å². The molecule has 0 aliphatic carbocycles. The summed E-state index contributed by atoms with van der Waals surface area (Å²) in [4.78, 5) is 21.2. The highest BCUT2D eigenvalue weighted by Crippen LogP contribution is 2.15. The average Bonchev–Trinajstić information content (AvgIpc) is 2.65. The second-order valence-corrected chi connectivity index (χ2v) is 7.10. The number of thioether (sulfide) groups is 1. The lowest BCUT2D eigenvalue weighted by atomic mass is 10.3. The highest BCUT2D eigenvalue weighted by molar-refractivity contribution is 7.99. The number of rotatable bonds is 7. The molecule has 0 bridgehead atoms. The third-order valence-corrected chi connectivity index (χ3v) is 5.18. The SMILES string of the molecule is CN=C(NCCSc1ccccc1)NCCN1CCN(C(C)=O)CC1. The summed E-state index contributed by atoms with van der Waals surface area (Å²) in [6.07, 6.45) is 0. The van der Waals surface area contributed by atoms with Crippen molar-refractivity contribution in [3.8, 4) is 0 Å². The van der Waals surface area contributed by atoms with E-state index in [1.807, 2.05) is 22.7 Å². The molecule has 0 unspecified atom stereocenters. The van der Waals surface area contributed by atoms with Gasteiger partial charge >= 0.3 is 0 Å². The summed E-state index contributed by atoms with van der Waals surface area (Å²) in [7, 11) is 1.80. The van der Waals surface area contributed by atoms with E-state index in [0.29, 0.717) is 0 Å². The smallest absolute Gasteiger partial charge is 0.219 e. The molecule has 1 aliphatic heterocycles. The Kier molecular flexibility index (Phi) is 8.62. The van der Waals surface area contributed by atoms with Crippen LogP contribution in [0.1, 0.15) is 6.92 Å². The molecule has 0 aromatic heterocycles. The number of benzene rings is 1. The summed E-state index contributed by atoms with van der Waals surface area (Å²) in [5.41, 5.74) is 0. The van der Waals surface area contributed by atoms with E-state index in [4.69, 9.17) is 0 Å². The maximum atomic E-state index is 11.3. The Morgan fingerprint density at radius 2 is 1.80 bits per heavy atom. The zero-order valence-electron chi connectivity index (χ0n) is 15.2. The predicted molar refractivity (Wildman–Crippen MR) is 105 cm³/mol. The first kappa shape index (κ1) is 19.6. The number of guanidine groups is 1. The van der Waals surface area contributed by atoms with E-state index in [0.717, 1.165) is 57.5 Å². The molecule has 1 amide bonds. The molecule has 1 aromatic rings. The van der Waals surface area contributed by atoms with Gasteiger partial charge in [-0.25, -0.2) is 0 Å². The first-order valence-electron chi connectivity index (χ1n) is 8.79.